The number of nitrogens with one attached hydrogen (secondary N) is 2. The molecule has 9 heteroatoms. The quantitative estimate of drug-likeness (QED) is 0.603. The zero-order chi connectivity index (χ0) is 21.6. The Hall–Kier alpha value is -2.32. The smallest absolute Gasteiger partial charge is 0.261 e. The molecule has 2 aromatic carbocycles. The van der Waals surface area contributed by atoms with E-state index in [1.54, 1.807) is 0 Å². The molecule has 0 atom stereocenters. The van der Waals surface area contributed by atoms with Crippen LogP contribution in [0.1, 0.15) is 38.5 Å². The van der Waals surface area contributed by atoms with Gasteiger partial charge in [-0.2, -0.15) is 0 Å². The summed E-state index contributed by atoms with van der Waals surface area (Å²) >= 11 is 6.16. The van der Waals surface area contributed by atoms with Crippen LogP contribution < -0.4 is 14.8 Å². The first kappa shape index (κ1) is 22.4. The van der Waals surface area contributed by atoms with Crippen LogP contribution >= 0.6 is 11.6 Å². The molecule has 1 saturated carbocycles. The zero-order valence-corrected chi connectivity index (χ0v) is 17.9. The highest BCUT2D eigenvalue weighted by Crippen LogP contribution is 2.28. The number of anilines is 1. The van der Waals surface area contributed by atoms with Crippen molar-refractivity contribution in [2.75, 3.05) is 11.3 Å². The highest BCUT2D eigenvalue weighted by Gasteiger charge is 2.18. The molecule has 0 unspecified atom stereocenters. The van der Waals surface area contributed by atoms with Crippen LogP contribution in [-0.2, 0) is 14.8 Å². The van der Waals surface area contributed by atoms with Gasteiger partial charge >= 0.3 is 0 Å². The summed E-state index contributed by atoms with van der Waals surface area (Å²) in [5.41, 5.74) is 0.225. The van der Waals surface area contributed by atoms with Crippen LogP contribution in [0.25, 0.3) is 0 Å². The second-order valence-electron chi connectivity index (χ2n) is 7.25. The van der Waals surface area contributed by atoms with Gasteiger partial charge in [-0.3, -0.25) is 9.52 Å². The molecular weight excluding hydrogens is 431 g/mol. The van der Waals surface area contributed by atoms with E-state index in [1.807, 2.05) is 0 Å². The first-order valence-corrected chi connectivity index (χ1v) is 11.7. The predicted octanol–water partition coefficient (Wildman–Crippen LogP) is 4.50. The molecule has 1 amide bonds. The lowest BCUT2D eigenvalue weighted by molar-refractivity contribution is -0.123. The van der Waals surface area contributed by atoms with Crippen LogP contribution in [0.4, 0.5) is 10.1 Å². The van der Waals surface area contributed by atoms with E-state index in [0.29, 0.717) is 0 Å². The first-order valence-electron chi connectivity index (χ1n) is 9.83. The average molecular weight is 455 g/mol. The number of halogens is 2. The van der Waals surface area contributed by atoms with E-state index in [-0.39, 0.29) is 39.9 Å². The molecule has 0 aromatic heterocycles. The van der Waals surface area contributed by atoms with E-state index < -0.39 is 15.8 Å². The molecule has 3 rings (SSSR count). The fourth-order valence-electron chi connectivity index (χ4n) is 3.33. The summed E-state index contributed by atoms with van der Waals surface area (Å²) in [5.74, 6) is -0.480. The molecule has 0 saturated heterocycles. The molecule has 1 fully saturated rings. The number of rotatable bonds is 7. The second kappa shape index (κ2) is 10.1. The highest BCUT2D eigenvalue weighted by atomic mass is 35.5. The number of hydrogen-bond acceptors (Lipinski definition) is 4. The molecule has 6 nitrogen and oxygen atoms in total. The molecule has 0 spiro atoms. The number of benzene rings is 2. The number of carbonyl (C=O) groups excluding carboxylic acids is 1. The predicted molar refractivity (Wildman–Crippen MR) is 114 cm³/mol. The van der Waals surface area contributed by atoms with Crippen LogP contribution in [0.3, 0.4) is 0 Å². The average Bonchev–Trinajstić information content (AvgIpc) is 2.97. The molecule has 0 bridgehead atoms. The molecule has 0 aliphatic heterocycles. The van der Waals surface area contributed by atoms with Gasteiger partial charge in [-0.15, -0.1) is 0 Å². The van der Waals surface area contributed by atoms with Gasteiger partial charge < -0.3 is 10.1 Å². The maximum atomic E-state index is 13.0. The van der Waals surface area contributed by atoms with E-state index >= 15 is 0 Å². The minimum absolute atomic E-state index is 0.0687. The van der Waals surface area contributed by atoms with Crippen LogP contribution in [-0.4, -0.2) is 27.0 Å². The maximum Gasteiger partial charge on any atom is 0.261 e. The van der Waals surface area contributed by atoms with Crippen molar-refractivity contribution in [3.05, 3.63) is 53.3 Å². The van der Waals surface area contributed by atoms with Crippen molar-refractivity contribution >= 4 is 33.2 Å². The molecule has 0 heterocycles. The van der Waals surface area contributed by atoms with Crippen LogP contribution in [0, 0.1) is 5.82 Å². The molecule has 1 aliphatic carbocycles. The Bertz CT molecular complexity index is 975. The van der Waals surface area contributed by atoms with Crippen LogP contribution in [0.15, 0.2) is 47.4 Å². The Kier molecular flexibility index (Phi) is 7.55. The molecule has 2 aromatic rings. The number of carbonyl (C=O) groups is 1. The SMILES string of the molecule is O=C(COc1ccc(S(=O)(=O)Nc2ccc(F)cc2)cc1Cl)NC1CCCCCC1. The number of amides is 1. The van der Waals surface area contributed by atoms with E-state index in [9.17, 15) is 17.6 Å². The van der Waals surface area contributed by atoms with E-state index in [2.05, 4.69) is 10.0 Å². The van der Waals surface area contributed by atoms with Gasteiger partial charge in [-0.25, -0.2) is 12.8 Å². The summed E-state index contributed by atoms with van der Waals surface area (Å²) in [7, 11) is -3.91. The zero-order valence-electron chi connectivity index (χ0n) is 16.4. The molecule has 2 N–H and O–H groups in total. The molecule has 162 valence electrons. The van der Waals surface area contributed by atoms with Crippen molar-refractivity contribution in [2.24, 2.45) is 0 Å². The molecule has 1 aliphatic rings. The number of hydrogen-bond donors (Lipinski definition) is 2. The Labute approximate surface area is 180 Å². The highest BCUT2D eigenvalue weighted by molar-refractivity contribution is 7.92. The Morgan fingerprint density at radius 3 is 2.37 bits per heavy atom. The Morgan fingerprint density at radius 2 is 1.73 bits per heavy atom. The van der Waals surface area contributed by atoms with Gasteiger partial charge in [0.05, 0.1) is 9.92 Å². The van der Waals surface area contributed by atoms with Gasteiger partial charge in [0.15, 0.2) is 6.61 Å². The minimum Gasteiger partial charge on any atom is -0.482 e. The molecular formula is C21H24ClFN2O4S. The maximum absolute atomic E-state index is 13.0. The lowest BCUT2D eigenvalue weighted by Gasteiger charge is -2.16. The summed E-state index contributed by atoms with van der Waals surface area (Å²) in [6, 6.07) is 9.09. The van der Waals surface area contributed by atoms with E-state index in [1.165, 1.54) is 43.2 Å². The standard InChI is InChI=1S/C21H24ClFN2O4S/c22-19-13-18(30(27,28)25-17-9-7-15(23)8-10-17)11-12-20(19)29-14-21(26)24-16-5-3-1-2-4-6-16/h7-13,16,25H,1-6,14H2,(H,24,26). The lowest BCUT2D eigenvalue weighted by atomic mass is 10.1. The van der Waals surface area contributed by atoms with Gasteiger partial charge in [-0.1, -0.05) is 37.3 Å². The number of ether oxygens (including phenoxy) is 1. The Morgan fingerprint density at radius 1 is 1.07 bits per heavy atom. The van der Waals surface area contributed by atoms with Crippen molar-refractivity contribution in [3.8, 4) is 5.75 Å². The van der Waals surface area contributed by atoms with Gasteiger partial charge in [0.1, 0.15) is 11.6 Å². The van der Waals surface area contributed by atoms with Crippen LogP contribution in [0.2, 0.25) is 5.02 Å². The second-order valence-corrected chi connectivity index (χ2v) is 9.34. The van der Waals surface area contributed by atoms with Crippen molar-refractivity contribution < 1.29 is 22.3 Å². The third-order valence-electron chi connectivity index (χ3n) is 4.89. The van der Waals surface area contributed by atoms with Gasteiger partial charge in [-0.05, 0) is 55.3 Å². The molecule has 0 radical (unpaired) electrons. The van der Waals surface area contributed by atoms with Crippen molar-refractivity contribution in [3.63, 3.8) is 0 Å². The first-order chi connectivity index (χ1) is 14.3. The van der Waals surface area contributed by atoms with Gasteiger partial charge in [0, 0.05) is 11.7 Å². The largest absolute Gasteiger partial charge is 0.482 e. The topological polar surface area (TPSA) is 84.5 Å². The van der Waals surface area contributed by atoms with Gasteiger partial charge in [0.25, 0.3) is 15.9 Å². The fraction of sp³-hybridized carbons (Fsp3) is 0.381. The van der Waals surface area contributed by atoms with Gasteiger partial charge in [0.2, 0.25) is 0 Å². The molecule has 30 heavy (non-hydrogen) atoms. The monoisotopic (exact) mass is 454 g/mol. The summed E-state index contributed by atoms with van der Waals surface area (Å²) in [6.45, 7) is -0.198. The third kappa shape index (κ3) is 6.34. The summed E-state index contributed by atoms with van der Waals surface area (Å²) in [6.07, 6.45) is 6.56. The van der Waals surface area contributed by atoms with E-state index in [4.69, 9.17) is 16.3 Å². The van der Waals surface area contributed by atoms with E-state index in [0.717, 1.165) is 37.8 Å². The van der Waals surface area contributed by atoms with Crippen LogP contribution in [0.5, 0.6) is 5.75 Å². The summed E-state index contributed by atoms with van der Waals surface area (Å²) < 4.78 is 45.8. The summed E-state index contributed by atoms with van der Waals surface area (Å²) in [4.78, 5) is 12.1. The third-order valence-corrected chi connectivity index (χ3v) is 6.56. The lowest BCUT2D eigenvalue weighted by Crippen LogP contribution is -2.37. The summed E-state index contributed by atoms with van der Waals surface area (Å²) in [5, 5.41) is 3.04. The minimum atomic E-state index is -3.91. The van der Waals surface area contributed by atoms with Crippen molar-refractivity contribution in [2.45, 2.75) is 49.5 Å². The van der Waals surface area contributed by atoms with Crippen molar-refractivity contribution in [1.29, 1.82) is 0 Å². The number of sulfonamides is 1. The van der Waals surface area contributed by atoms with Crippen molar-refractivity contribution in [1.82, 2.24) is 5.32 Å². The Balaban J connectivity index is 1.58. The normalized spacial score (nSPS) is 15.3. The fourth-order valence-corrected chi connectivity index (χ4v) is 4.72.